The first-order valence-corrected chi connectivity index (χ1v) is 14.7. The molecule has 1 aromatic heterocycles. The molecule has 1 aliphatic carbocycles. The number of Topliss-reactive ketones (excluding diaryl/α,β-unsaturated/α-hetero) is 1. The van der Waals surface area contributed by atoms with Gasteiger partial charge < -0.3 is 25.3 Å². The summed E-state index contributed by atoms with van der Waals surface area (Å²) in [6.45, 7) is -0.672. The molecule has 3 aromatic carbocycles. The summed E-state index contributed by atoms with van der Waals surface area (Å²) in [5.41, 5.74) is 4.31. The van der Waals surface area contributed by atoms with E-state index >= 15 is 0 Å². The maximum Gasteiger partial charge on any atom is 0.251 e. The molecule has 4 N–H and O–H groups in total. The summed E-state index contributed by atoms with van der Waals surface area (Å²) in [5, 5.41) is 21.1. The molecule has 0 saturated carbocycles. The Hall–Kier alpha value is -3.92. The number of nitrogens with zero attached hydrogens (tertiary/aromatic N) is 1. The number of aliphatic hydroxyl groups excluding tert-OH is 2. The van der Waals surface area contributed by atoms with Crippen molar-refractivity contribution in [2.24, 2.45) is 0 Å². The highest BCUT2D eigenvalue weighted by molar-refractivity contribution is 7.98. The second-order valence-electron chi connectivity index (χ2n) is 9.95. The zero-order valence-corrected chi connectivity index (χ0v) is 23.4. The van der Waals surface area contributed by atoms with Crippen LogP contribution in [0, 0.1) is 0 Å². The van der Waals surface area contributed by atoms with Gasteiger partial charge in [-0.15, -0.1) is 11.8 Å². The summed E-state index contributed by atoms with van der Waals surface area (Å²) in [4.78, 5) is 33.8. The van der Waals surface area contributed by atoms with E-state index in [4.69, 9.17) is 4.74 Å². The van der Waals surface area contributed by atoms with Crippen molar-refractivity contribution in [3.8, 4) is 5.75 Å². The molecule has 0 aliphatic heterocycles. The van der Waals surface area contributed by atoms with Crippen LogP contribution in [0.4, 0.5) is 0 Å². The predicted molar refractivity (Wildman–Crippen MR) is 157 cm³/mol. The van der Waals surface area contributed by atoms with Gasteiger partial charge in [0.25, 0.3) is 5.91 Å². The summed E-state index contributed by atoms with van der Waals surface area (Å²) >= 11 is 1.61. The highest BCUT2D eigenvalue weighted by atomic mass is 32.2. The van der Waals surface area contributed by atoms with E-state index in [0.717, 1.165) is 51.6 Å². The zero-order valence-electron chi connectivity index (χ0n) is 22.6. The number of ether oxygens (including phenoxy) is 1. The van der Waals surface area contributed by atoms with Gasteiger partial charge in [0.05, 0.1) is 19.3 Å². The number of carbonyl (C=O) groups is 2. The molecule has 0 unspecified atom stereocenters. The van der Waals surface area contributed by atoms with Gasteiger partial charge in [0.2, 0.25) is 0 Å². The molecular formula is C32H33N3O5S. The molecule has 1 atom stereocenters. The number of aromatic nitrogens is 2. The molecule has 0 radical (unpaired) electrons. The Balaban J connectivity index is 1.39. The van der Waals surface area contributed by atoms with Crippen molar-refractivity contribution in [3.05, 3.63) is 113 Å². The predicted octanol–water partition coefficient (Wildman–Crippen LogP) is 4.67. The van der Waals surface area contributed by atoms with Crippen LogP contribution < -0.4 is 10.1 Å². The maximum atomic E-state index is 12.8. The lowest BCUT2D eigenvalue weighted by atomic mass is 9.87. The highest BCUT2D eigenvalue weighted by Crippen LogP contribution is 2.38. The Bertz CT molecular complexity index is 1450. The van der Waals surface area contributed by atoms with Crippen molar-refractivity contribution in [1.29, 1.82) is 0 Å². The molecule has 212 valence electrons. The number of nitrogens with one attached hydrogen (secondary N) is 2. The van der Waals surface area contributed by atoms with Crippen LogP contribution >= 0.6 is 11.8 Å². The van der Waals surface area contributed by atoms with Crippen molar-refractivity contribution in [2.45, 2.75) is 48.5 Å². The average molecular weight is 572 g/mol. The van der Waals surface area contributed by atoms with Crippen molar-refractivity contribution in [2.75, 3.05) is 13.2 Å². The van der Waals surface area contributed by atoms with Crippen LogP contribution in [0.15, 0.2) is 84.0 Å². The van der Waals surface area contributed by atoms with Gasteiger partial charge in [0.15, 0.2) is 5.78 Å². The van der Waals surface area contributed by atoms with E-state index in [9.17, 15) is 19.8 Å². The number of hydrogen-bond donors (Lipinski definition) is 4. The number of imidazole rings is 1. The molecule has 1 amide bonds. The van der Waals surface area contributed by atoms with E-state index in [1.54, 1.807) is 36.3 Å². The molecule has 0 bridgehead atoms. The lowest BCUT2D eigenvalue weighted by molar-refractivity contribution is 0.0879. The smallest absolute Gasteiger partial charge is 0.251 e. The third-order valence-electron chi connectivity index (χ3n) is 7.17. The Morgan fingerprint density at radius 1 is 1.02 bits per heavy atom. The van der Waals surface area contributed by atoms with Crippen molar-refractivity contribution < 1.29 is 24.5 Å². The molecule has 1 aliphatic rings. The van der Waals surface area contributed by atoms with Crippen molar-refractivity contribution in [3.63, 3.8) is 0 Å². The van der Waals surface area contributed by atoms with Crippen LogP contribution in [-0.4, -0.2) is 51.1 Å². The first-order valence-electron chi connectivity index (χ1n) is 13.7. The summed E-state index contributed by atoms with van der Waals surface area (Å²) in [7, 11) is 0. The molecule has 1 heterocycles. The van der Waals surface area contributed by atoms with Gasteiger partial charge in [-0.05, 0) is 60.4 Å². The largest absolute Gasteiger partial charge is 0.485 e. The third kappa shape index (κ3) is 7.05. The SMILES string of the molecule is O=C(NC(CO)CO)c1ccc(SCc2c(O[C@@H](Cc3ncc[nH]3)c3ccccc3)ccc3c2CCCC3=O)cc1. The Morgan fingerprint density at radius 2 is 1.80 bits per heavy atom. The fourth-order valence-electron chi connectivity index (χ4n) is 4.96. The van der Waals surface area contributed by atoms with E-state index < -0.39 is 6.04 Å². The lowest BCUT2D eigenvalue weighted by Gasteiger charge is -2.25. The zero-order chi connectivity index (χ0) is 28.6. The van der Waals surface area contributed by atoms with Gasteiger partial charge in [0.1, 0.15) is 17.7 Å². The number of thioether (sulfide) groups is 1. The molecule has 4 aromatic rings. The number of ketones is 1. The van der Waals surface area contributed by atoms with Gasteiger partial charge in [-0.2, -0.15) is 0 Å². The third-order valence-corrected chi connectivity index (χ3v) is 8.21. The van der Waals surface area contributed by atoms with E-state index in [1.165, 1.54) is 0 Å². The number of amides is 1. The quantitative estimate of drug-likeness (QED) is 0.182. The molecule has 5 rings (SSSR count). The normalized spacial score (nSPS) is 13.6. The fraction of sp³-hybridized carbons (Fsp3) is 0.281. The second-order valence-corrected chi connectivity index (χ2v) is 11.0. The number of fused-ring (bicyclic) bond motifs is 1. The molecule has 0 fully saturated rings. The van der Waals surface area contributed by atoms with Gasteiger partial charge >= 0.3 is 0 Å². The number of benzene rings is 3. The van der Waals surface area contributed by atoms with Crippen LogP contribution in [0.25, 0.3) is 0 Å². The molecule has 41 heavy (non-hydrogen) atoms. The number of carbonyl (C=O) groups excluding carboxylic acids is 2. The topological polar surface area (TPSA) is 125 Å². The van der Waals surface area contributed by atoms with Crippen LogP contribution in [0.1, 0.15) is 62.2 Å². The number of aliphatic hydroxyl groups is 2. The fourth-order valence-corrected chi connectivity index (χ4v) is 5.91. The van der Waals surface area contributed by atoms with E-state index in [0.29, 0.717) is 24.2 Å². The molecule has 8 nitrogen and oxygen atoms in total. The summed E-state index contributed by atoms with van der Waals surface area (Å²) in [6, 6.07) is 20.4. The van der Waals surface area contributed by atoms with E-state index in [-0.39, 0.29) is 31.0 Å². The first kappa shape index (κ1) is 28.6. The number of H-pyrrole nitrogens is 1. The van der Waals surface area contributed by atoms with E-state index in [2.05, 4.69) is 15.3 Å². The first-order chi connectivity index (χ1) is 20.1. The van der Waals surface area contributed by atoms with Gasteiger partial charge in [-0.1, -0.05) is 30.3 Å². The van der Waals surface area contributed by atoms with E-state index in [1.807, 2.05) is 54.6 Å². The summed E-state index contributed by atoms with van der Waals surface area (Å²) in [6.07, 6.45) is 6.01. The maximum absolute atomic E-state index is 12.8. The highest BCUT2D eigenvalue weighted by Gasteiger charge is 2.25. The molecular weight excluding hydrogens is 538 g/mol. The monoisotopic (exact) mass is 571 g/mol. The minimum Gasteiger partial charge on any atom is -0.485 e. The average Bonchev–Trinajstić information content (AvgIpc) is 3.53. The summed E-state index contributed by atoms with van der Waals surface area (Å²) in [5.74, 6) is 1.98. The second kappa shape index (κ2) is 13.6. The molecule has 9 heteroatoms. The lowest BCUT2D eigenvalue weighted by Crippen LogP contribution is -2.40. The Morgan fingerprint density at radius 3 is 2.51 bits per heavy atom. The molecule has 0 spiro atoms. The van der Waals surface area contributed by atoms with Crippen LogP contribution in [0.2, 0.25) is 0 Å². The van der Waals surface area contributed by atoms with Crippen molar-refractivity contribution >= 4 is 23.5 Å². The number of aromatic amines is 1. The minimum atomic E-state index is -0.700. The Kier molecular flexibility index (Phi) is 9.51. The summed E-state index contributed by atoms with van der Waals surface area (Å²) < 4.78 is 6.73. The number of hydrogen-bond acceptors (Lipinski definition) is 7. The van der Waals surface area contributed by atoms with Crippen molar-refractivity contribution in [1.82, 2.24) is 15.3 Å². The van der Waals surface area contributed by atoms with Crippen LogP contribution in [0.3, 0.4) is 0 Å². The number of rotatable bonds is 12. The van der Waals surface area contributed by atoms with Gasteiger partial charge in [-0.25, -0.2) is 4.98 Å². The van der Waals surface area contributed by atoms with Gasteiger partial charge in [0, 0.05) is 52.6 Å². The minimum absolute atomic E-state index is 0.165. The molecule has 0 saturated heterocycles. The van der Waals surface area contributed by atoms with Crippen LogP contribution in [0.5, 0.6) is 5.75 Å². The van der Waals surface area contributed by atoms with Gasteiger partial charge in [-0.3, -0.25) is 9.59 Å². The van der Waals surface area contributed by atoms with Crippen LogP contribution in [-0.2, 0) is 18.6 Å². The Labute approximate surface area is 243 Å². The standard InChI is InChI=1S/C32H33N3O5S/c36-18-23(19-37)35-32(39)22-9-11-24(12-10-22)41-20-27-25-7-4-8-28(38)26(25)13-14-29(27)40-30(17-31-33-15-16-34-31)21-5-2-1-3-6-21/h1-3,5-6,9-16,23,30,36-37H,4,7-8,17-20H2,(H,33,34)(H,35,39)/t30-/m0/s1.